The lowest BCUT2D eigenvalue weighted by atomic mass is 10.1. The van der Waals surface area contributed by atoms with E-state index in [9.17, 15) is 14.4 Å². The largest absolute Gasteiger partial charge is 0.457 e. The van der Waals surface area contributed by atoms with Gasteiger partial charge in [-0.1, -0.05) is 0 Å². The van der Waals surface area contributed by atoms with Crippen LogP contribution in [0.3, 0.4) is 0 Å². The Morgan fingerprint density at radius 2 is 1.42 bits per heavy atom. The maximum absolute atomic E-state index is 12.8. The predicted molar refractivity (Wildman–Crippen MR) is 115 cm³/mol. The van der Waals surface area contributed by atoms with Crippen molar-refractivity contribution >= 4 is 17.7 Å². The Morgan fingerprint density at radius 3 is 1.94 bits per heavy atom. The number of benzene rings is 2. The van der Waals surface area contributed by atoms with Crippen molar-refractivity contribution in [2.24, 2.45) is 5.73 Å². The molecule has 1 heterocycles. The molecule has 162 valence electrons. The van der Waals surface area contributed by atoms with Crippen LogP contribution in [0.1, 0.15) is 33.6 Å². The maximum atomic E-state index is 12.8. The number of nitrogens with zero attached hydrogens (tertiary/aromatic N) is 2. The number of primary amides is 1. The third-order valence-electron chi connectivity index (χ3n) is 5.44. The Bertz CT molecular complexity index is 947. The highest BCUT2D eigenvalue weighted by Crippen LogP contribution is 2.23. The zero-order chi connectivity index (χ0) is 21.8. The van der Waals surface area contributed by atoms with Gasteiger partial charge in [0.05, 0.1) is 6.54 Å². The van der Waals surface area contributed by atoms with E-state index in [1.807, 2.05) is 4.90 Å². The average molecular weight is 422 g/mol. The first-order valence-electron chi connectivity index (χ1n) is 10.5. The summed E-state index contributed by atoms with van der Waals surface area (Å²) in [4.78, 5) is 39.8. The quantitative estimate of drug-likeness (QED) is 0.705. The van der Waals surface area contributed by atoms with Crippen molar-refractivity contribution in [3.05, 3.63) is 59.7 Å². The number of carbonyl (C=O) groups excluding carboxylic acids is 3. The molecule has 3 amide bonds. The molecular weight excluding hydrogens is 396 g/mol. The maximum Gasteiger partial charge on any atom is 0.253 e. The van der Waals surface area contributed by atoms with Crippen molar-refractivity contribution in [1.82, 2.24) is 15.1 Å². The van der Waals surface area contributed by atoms with Crippen LogP contribution < -0.4 is 15.8 Å². The van der Waals surface area contributed by atoms with Gasteiger partial charge in [0.15, 0.2) is 0 Å². The summed E-state index contributed by atoms with van der Waals surface area (Å²) in [6.45, 7) is 2.96. The first-order valence-corrected chi connectivity index (χ1v) is 10.5. The van der Waals surface area contributed by atoms with Crippen LogP contribution in [0.5, 0.6) is 11.5 Å². The molecule has 1 aliphatic carbocycles. The second kappa shape index (κ2) is 9.18. The molecule has 31 heavy (non-hydrogen) atoms. The molecule has 0 atom stereocenters. The third kappa shape index (κ3) is 5.61. The number of rotatable bonds is 7. The second-order valence-electron chi connectivity index (χ2n) is 7.93. The van der Waals surface area contributed by atoms with E-state index in [1.165, 1.54) is 0 Å². The molecule has 0 spiro atoms. The van der Waals surface area contributed by atoms with Crippen molar-refractivity contribution in [3.63, 3.8) is 0 Å². The molecule has 1 aliphatic heterocycles. The molecule has 8 heteroatoms. The smallest absolute Gasteiger partial charge is 0.253 e. The predicted octanol–water partition coefficient (Wildman–Crippen LogP) is 1.61. The number of nitrogens with one attached hydrogen (secondary N) is 1. The van der Waals surface area contributed by atoms with E-state index in [0.717, 1.165) is 12.8 Å². The summed E-state index contributed by atoms with van der Waals surface area (Å²) in [6.07, 6.45) is 2.17. The van der Waals surface area contributed by atoms with Crippen molar-refractivity contribution < 1.29 is 19.1 Å². The summed E-state index contributed by atoms with van der Waals surface area (Å²) >= 11 is 0. The fraction of sp³-hybridized carbons (Fsp3) is 0.348. The molecule has 8 nitrogen and oxygen atoms in total. The van der Waals surface area contributed by atoms with E-state index in [0.29, 0.717) is 61.4 Å². The second-order valence-corrected chi connectivity index (χ2v) is 7.93. The summed E-state index contributed by atoms with van der Waals surface area (Å²) in [7, 11) is 0. The molecule has 2 aromatic carbocycles. The molecule has 1 saturated carbocycles. The van der Waals surface area contributed by atoms with E-state index in [-0.39, 0.29) is 11.8 Å². The van der Waals surface area contributed by atoms with E-state index in [1.54, 1.807) is 48.5 Å². The summed E-state index contributed by atoms with van der Waals surface area (Å²) in [5, 5.41) is 3.00. The van der Waals surface area contributed by atoms with Crippen LogP contribution in [0.25, 0.3) is 0 Å². The molecule has 1 saturated heterocycles. The SMILES string of the molecule is NC(=O)c1ccc(Oc2ccc(C(=O)N3CCN(CC(=O)NC4CC4)CC3)cc2)cc1. The van der Waals surface area contributed by atoms with Crippen molar-refractivity contribution in [2.45, 2.75) is 18.9 Å². The van der Waals surface area contributed by atoms with Crippen LogP contribution in [0.15, 0.2) is 48.5 Å². The molecule has 0 aromatic heterocycles. The lowest BCUT2D eigenvalue weighted by Gasteiger charge is -2.34. The van der Waals surface area contributed by atoms with Gasteiger partial charge >= 0.3 is 0 Å². The highest BCUT2D eigenvalue weighted by atomic mass is 16.5. The van der Waals surface area contributed by atoms with Gasteiger partial charge in [-0.3, -0.25) is 19.3 Å². The van der Waals surface area contributed by atoms with Gasteiger partial charge in [0, 0.05) is 43.3 Å². The average Bonchev–Trinajstić information content (AvgIpc) is 3.58. The lowest BCUT2D eigenvalue weighted by molar-refractivity contribution is -0.122. The molecule has 0 unspecified atom stereocenters. The topological polar surface area (TPSA) is 105 Å². The van der Waals surface area contributed by atoms with Crippen LogP contribution in [0.2, 0.25) is 0 Å². The number of piperazine rings is 1. The number of amides is 3. The van der Waals surface area contributed by atoms with E-state index >= 15 is 0 Å². The number of hydrogen-bond donors (Lipinski definition) is 2. The van der Waals surface area contributed by atoms with Gasteiger partial charge in [0.2, 0.25) is 11.8 Å². The van der Waals surface area contributed by atoms with Crippen molar-refractivity contribution in [3.8, 4) is 11.5 Å². The normalized spacial score (nSPS) is 16.6. The zero-order valence-electron chi connectivity index (χ0n) is 17.3. The number of carbonyl (C=O) groups is 3. The first kappa shape index (κ1) is 20.9. The van der Waals surface area contributed by atoms with Crippen LogP contribution in [-0.2, 0) is 4.79 Å². The Balaban J connectivity index is 1.27. The summed E-state index contributed by atoms with van der Waals surface area (Å²) < 4.78 is 5.75. The van der Waals surface area contributed by atoms with E-state index in [2.05, 4.69) is 10.2 Å². The number of nitrogens with two attached hydrogens (primary N) is 1. The Kier molecular flexibility index (Phi) is 6.18. The highest BCUT2D eigenvalue weighted by Gasteiger charge is 2.26. The molecule has 0 bridgehead atoms. The fourth-order valence-corrected chi connectivity index (χ4v) is 3.48. The fourth-order valence-electron chi connectivity index (χ4n) is 3.48. The summed E-state index contributed by atoms with van der Waals surface area (Å²) in [5.41, 5.74) is 6.24. The Hall–Kier alpha value is -3.39. The van der Waals surface area contributed by atoms with Gasteiger partial charge in [-0.05, 0) is 61.4 Å². The van der Waals surface area contributed by atoms with Gasteiger partial charge in [-0.2, -0.15) is 0 Å². The Morgan fingerprint density at radius 1 is 0.871 bits per heavy atom. The number of ether oxygens (including phenoxy) is 1. The summed E-state index contributed by atoms with van der Waals surface area (Å²) in [5.74, 6) is 0.721. The Labute approximate surface area is 180 Å². The van der Waals surface area contributed by atoms with Gasteiger partial charge in [0.1, 0.15) is 11.5 Å². The molecule has 2 fully saturated rings. The minimum atomic E-state index is -0.489. The van der Waals surface area contributed by atoms with Crippen molar-refractivity contribution in [1.29, 1.82) is 0 Å². The molecule has 3 N–H and O–H groups in total. The third-order valence-corrected chi connectivity index (χ3v) is 5.44. The van der Waals surface area contributed by atoms with Crippen LogP contribution in [0.4, 0.5) is 0 Å². The van der Waals surface area contributed by atoms with Gasteiger partial charge in [-0.25, -0.2) is 0 Å². The van der Waals surface area contributed by atoms with Gasteiger partial charge in [0.25, 0.3) is 5.91 Å². The zero-order valence-corrected chi connectivity index (χ0v) is 17.3. The minimum absolute atomic E-state index is 0.0283. The van der Waals surface area contributed by atoms with Crippen LogP contribution in [0, 0.1) is 0 Å². The molecule has 0 radical (unpaired) electrons. The first-order chi connectivity index (χ1) is 15.0. The van der Waals surface area contributed by atoms with Crippen molar-refractivity contribution in [2.75, 3.05) is 32.7 Å². The molecule has 4 rings (SSSR count). The van der Waals surface area contributed by atoms with E-state index < -0.39 is 5.91 Å². The standard InChI is InChI=1S/C23H26N4O4/c24-22(29)16-1-7-19(8-2-16)31-20-9-3-17(4-10-20)23(30)27-13-11-26(12-14-27)15-21(28)25-18-5-6-18/h1-4,7-10,18H,5-6,11-15H2,(H2,24,29)(H,25,28). The summed E-state index contributed by atoms with van der Waals surface area (Å²) in [6, 6.07) is 13.9. The van der Waals surface area contributed by atoms with Gasteiger partial charge in [-0.15, -0.1) is 0 Å². The lowest BCUT2D eigenvalue weighted by Crippen LogP contribution is -2.51. The van der Waals surface area contributed by atoms with Crippen LogP contribution >= 0.6 is 0 Å². The highest BCUT2D eigenvalue weighted by molar-refractivity contribution is 5.94. The monoisotopic (exact) mass is 422 g/mol. The molecular formula is C23H26N4O4. The number of hydrogen-bond acceptors (Lipinski definition) is 5. The molecule has 2 aliphatic rings. The molecule has 2 aromatic rings. The van der Waals surface area contributed by atoms with E-state index in [4.69, 9.17) is 10.5 Å². The van der Waals surface area contributed by atoms with Crippen LogP contribution in [-0.4, -0.2) is 66.3 Å². The van der Waals surface area contributed by atoms with Gasteiger partial charge < -0.3 is 20.7 Å². The minimum Gasteiger partial charge on any atom is -0.457 e.